The number of aliphatic hydroxyl groups excluding tert-OH is 1. The third kappa shape index (κ3) is 4.11. The predicted octanol–water partition coefficient (Wildman–Crippen LogP) is 1.11. The molecule has 1 rings (SSSR count). The van der Waals surface area contributed by atoms with Crippen LogP contribution in [0.1, 0.15) is 13.3 Å². The Hall–Kier alpha value is -0.710. The lowest BCUT2D eigenvalue weighted by Crippen LogP contribution is -2.30. The number of rotatable bonds is 6. The molecule has 1 aromatic carbocycles. The lowest BCUT2D eigenvalue weighted by molar-refractivity contribution is 0.251. The zero-order valence-corrected chi connectivity index (χ0v) is 9.67. The molecule has 1 aromatic rings. The van der Waals surface area contributed by atoms with Gasteiger partial charge in [0.15, 0.2) is 0 Å². The van der Waals surface area contributed by atoms with Crippen molar-refractivity contribution in [1.82, 2.24) is 5.32 Å². The highest BCUT2D eigenvalue weighted by molar-refractivity contribution is 7.85. The maximum Gasteiger partial charge on any atom is 0.145 e. The summed E-state index contributed by atoms with van der Waals surface area (Å²) >= 11 is 0. The highest BCUT2D eigenvalue weighted by Gasteiger charge is 2.13. The number of aliphatic hydroxyl groups is 1. The van der Waals surface area contributed by atoms with E-state index in [1.54, 1.807) is 12.1 Å². The van der Waals surface area contributed by atoms with Crippen molar-refractivity contribution in [3.05, 3.63) is 30.3 Å². The summed E-state index contributed by atoms with van der Waals surface area (Å²) in [5.74, 6) is 0. The lowest BCUT2D eigenvalue weighted by atomic mass is 10.4. The molecule has 0 spiro atoms. The Labute approximate surface area is 93.0 Å². The molecule has 2 unspecified atom stereocenters. The SMILES string of the molecule is CCCNCC(O)S(=O)c1ccccc1. The summed E-state index contributed by atoms with van der Waals surface area (Å²) < 4.78 is 11.8. The van der Waals surface area contributed by atoms with E-state index < -0.39 is 16.2 Å². The Balaban J connectivity index is 2.46. The molecule has 0 saturated carbocycles. The first kappa shape index (κ1) is 12.4. The molecule has 2 atom stereocenters. The monoisotopic (exact) mass is 227 g/mol. The van der Waals surface area contributed by atoms with Crippen LogP contribution in [0.2, 0.25) is 0 Å². The van der Waals surface area contributed by atoms with Gasteiger partial charge in [0.1, 0.15) is 5.44 Å². The van der Waals surface area contributed by atoms with Gasteiger partial charge in [-0.1, -0.05) is 25.1 Å². The van der Waals surface area contributed by atoms with Crippen molar-refractivity contribution >= 4 is 10.8 Å². The van der Waals surface area contributed by atoms with E-state index in [2.05, 4.69) is 5.32 Å². The molecular weight excluding hydrogens is 210 g/mol. The Kier molecular flexibility index (Phi) is 5.53. The first-order valence-electron chi connectivity index (χ1n) is 5.10. The highest BCUT2D eigenvalue weighted by Crippen LogP contribution is 2.08. The second-order valence-electron chi connectivity index (χ2n) is 3.27. The van der Waals surface area contributed by atoms with Gasteiger partial charge in [-0.2, -0.15) is 0 Å². The predicted molar refractivity (Wildman–Crippen MR) is 62.0 cm³/mol. The Bertz CT molecular complexity index is 303. The molecule has 0 saturated heterocycles. The molecule has 0 radical (unpaired) electrons. The molecule has 0 amide bonds. The summed E-state index contributed by atoms with van der Waals surface area (Å²) in [4.78, 5) is 0.670. The first-order chi connectivity index (χ1) is 7.25. The van der Waals surface area contributed by atoms with E-state index >= 15 is 0 Å². The minimum atomic E-state index is -1.34. The van der Waals surface area contributed by atoms with Crippen molar-refractivity contribution in [3.63, 3.8) is 0 Å². The molecule has 0 bridgehead atoms. The van der Waals surface area contributed by atoms with Crippen LogP contribution in [0.25, 0.3) is 0 Å². The topological polar surface area (TPSA) is 49.3 Å². The molecule has 0 fully saturated rings. The van der Waals surface area contributed by atoms with E-state index in [-0.39, 0.29) is 0 Å². The van der Waals surface area contributed by atoms with Crippen molar-refractivity contribution in [2.24, 2.45) is 0 Å². The Morgan fingerprint density at radius 1 is 1.40 bits per heavy atom. The maximum absolute atomic E-state index is 11.8. The van der Waals surface area contributed by atoms with Gasteiger partial charge in [0.05, 0.1) is 10.8 Å². The van der Waals surface area contributed by atoms with Crippen LogP contribution < -0.4 is 5.32 Å². The van der Waals surface area contributed by atoms with Gasteiger partial charge in [0.2, 0.25) is 0 Å². The molecule has 84 valence electrons. The van der Waals surface area contributed by atoms with Crippen molar-refractivity contribution in [1.29, 1.82) is 0 Å². The van der Waals surface area contributed by atoms with Crippen LogP contribution in [0.5, 0.6) is 0 Å². The van der Waals surface area contributed by atoms with Gasteiger partial charge in [-0.05, 0) is 25.1 Å². The van der Waals surface area contributed by atoms with E-state index in [0.717, 1.165) is 13.0 Å². The average Bonchev–Trinajstić information content (AvgIpc) is 2.29. The van der Waals surface area contributed by atoms with Crippen molar-refractivity contribution in [3.8, 4) is 0 Å². The van der Waals surface area contributed by atoms with Crippen LogP contribution in [0.4, 0.5) is 0 Å². The summed E-state index contributed by atoms with van der Waals surface area (Å²) in [6.07, 6.45) is 1.00. The summed E-state index contributed by atoms with van der Waals surface area (Å²) in [6.45, 7) is 3.26. The van der Waals surface area contributed by atoms with Gasteiger partial charge in [-0.15, -0.1) is 0 Å². The first-order valence-corrected chi connectivity index (χ1v) is 6.31. The quantitative estimate of drug-likeness (QED) is 0.716. The van der Waals surface area contributed by atoms with Crippen LogP contribution in [0.15, 0.2) is 35.2 Å². The van der Waals surface area contributed by atoms with Gasteiger partial charge in [0, 0.05) is 11.4 Å². The summed E-state index contributed by atoms with van der Waals surface area (Å²) in [5.41, 5.74) is -0.834. The smallest absolute Gasteiger partial charge is 0.145 e. The third-order valence-electron chi connectivity index (χ3n) is 1.97. The molecule has 0 aromatic heterocycles. The van der Waals surface area contributed by atoms with Crippen molar-refractivity contribution < 1.29 is 9.32 Å². The van der Waals surface area contributed by atoms with Gasteiger partial charge in [-0.25, -0.2) is 0 Å². The van der Waals surface area contributed by atoms with Gasteiger partial charge < -0.3 is 10.4 Å². The van der Waals surface area contributed by atoms with Crippen LogP contribution in [-0.4, -0.2) is 27.8 Å². The lowest BCUT2D eigenvalue weighted by Gasteiger charge is -2.11. The van der Waals surface area contributed by atoms with E-state index in [0.29, 0.717) is 11.4 Å². The third-order valence-corrected chi connectivity index (χ3v) is 3.37. The number of hydrogen-bond donors (Lipinski definition) is 2. The summed E-state index contributed by atoms with van der Waals surface area (Å²) in [7, 11) is -1.34. The Morgan fingerprint density at radius 3 is 2.67 bits per heavy atom. The minimum Gasteiger partial charge on any atom is -0.378 e. The van der Waals surface area contributed by atoms with Crippen molar-refractivity contribution in [2.45, 2.75) is 23.7 Å². The van der Waals surface area contributed by atoms with Gasteiger partial charge >= 0.3 is 0 Å². The summed E-state index contributed by atoms with van der Waals surface area (Å²) in [5, 5.41) is 12.7. The van der Waals surface area contributed by atoms with Crippen LogP contribution in [0, 0.1) is 0 Å². The molecule has 3 nitrogen and oxygen atoms in total. The zero-order valence-electron chi connectivity index (χ0n) is 8.85. The fourth-order valence-corrected chi connectivity index (χ4v) is 2.20. The van der Waals surface area contributed by atoms with Gasteiger partial charge in [0.25, 0.3) is 0 Å². The average molecular weight is 227 g/mol. The number of nitrogens with one attached hydrogen (secondary N) is 1. The highest BCUT2D eigenvalue weighted by atomic mass is 32.2. The van der Waals surface area contributed by atoms with E-state index in [9.17, 15) is 9.32 Å². The van der Waals surface area contributed by atoms with Crippen LogP contribution in [0.3, 0.4) is 0 Å². The van der Waals surface area contributed by atoms with Gasteiger partial charge in [-0.3, -0.25) is 4.21 Å². The van der Waals surface area contributed by atoms with E-state index in [1.807, 2.05) is 25.1 Å². The molecule has 0 aliphatic heterocycles. The number of hydrogen-bond acceptors (Lipinski definition) is 3. The number of benzene rings is 1. The second-order valence-corrected chi connectivity index (χ2v) is 4.88. The standard InChI is InChI=1S/C11H17NO2S/c1-2-8-12-9-11(13)15(14)10-6-4-3-5-7-10/h3-7,11-13H,2,8-9H2,1H3. The molecular formula is C11H17NO2S. The summed E-state index contributed by atoms with van der Waals surface area (Å²) in [6, 6.07) is 9.03. The fourth-order valence-electron chi connectivity index (χ4n) is 1.19. The second kappa shape index (κ2) is 6.71. The largest absolute Gasteiger partial charge is 0.378 e. The van der Waals surface area contributed by atoms with E-state index in [4.69, 9.17) is 0 Å². The van der Waals surface area contributed by atoms with Crippen LogP contribution in [-0.2, 0) is 10.8 Å². The Morgan fingerprint density at radius 2 is 2.07 bits per heavy atom. The molecule has 2 N–H and O–H groups in total. The van der Waals surface area contributed by atoms with E-state index in [1.165, 1.54) is 0 Å². The van der Waals surface area contributed by atoms with Crippen molar-refractivity contribution in [2.75, 3.05) is 13.1 Å². The normalized spacial score (nSPS) is 14.8. The minimum absolute atomic E-state index is 0.370. The molecule has 0 heterocycles. The molecule has 0 aliphatic rings. The van der Waals surface area contributed by atoms with Crippen LogP contribution >= 0.6 is 0 Å². The zero-order chi connectivity index (χ0) is 11.1. The molecule has 0 aliphatic carbocycles. The molecule has 15 heavy (non-hydrogen) atoms. The fraction of sp³-hybridized carbons (Fsp3) is 0.455. The maximum atomic E-state index is 11.8. The molecule has 4 heteroatoms.